The molecule has 10 heteroatoms. The quantitative estimate of drug-likeness (QED) is 0.176. The maximum Gasteiger partial charge on any atom is 0.261 e. The molecule has 8 nitrogen and oxygen atoms in total. The molecule has 0 aliphatic rings. The molecule has 202 valence electrons. The Morgan fingerprint density at radius 1 is 0.789 bits per heavy atom. The smallest absolute Gasteiger partial charge is 0.261 e. The predicted octanol–water partition coefficient (Wildman–Crippen LogP) is 5.97. The summed E-state index contributed by atoms with van der Waals surface area (Å²) >= 11 is 5.24. The van der Waals surface area contributed by atoms with E-state index >= 15 is 0 Å². The number of amides is 1. The number of ether oxygens (including phenoxy) is 2. The van der Waals surface area contributed by atoms with Gasteiger partial charge in [0.2, 0.25) is 0 Å². The Morgan fingerprint density at radius 2 is 1.39 bits per heavy atom. The largest absolute Gasteiger partial charge is 0.494 e. The summed E-state index contributed by atoms with van der Waals surface area (Å²) in [5.41, 5.74) is 1.39. The number of benzene rings is 3. The van der Waals surface area contributed by atoms with Crippen LogP contribution in [0.5, 0.6) is 11.5 Å². The van der Waals surface area contributed by atoms with Crippen molar-refractivity contribution in [1.82, 2.24) is 5.32 Å². The number of carbonyl (C=O) groups excluding carboxylic acids is 1. The van der Waals surface area contributed by atoms with Crippen LogP contribution in [-0.2, 0) is 10.0 Å². The summed E-state index contributed by atoms with van der Waals surface area (Å²) in [6.45, 7) is 5.22. The van der Waals surface area contributed by atoms with Gasteiger partial charge in [-0.15, -0.1) is 0 Å². The molecular formula is C28H33N3O5S2. The first-order valence-electron chi connectivity index (χ1n) is 12.5. The van der Waals surface area contributed by atoms with Crippen LogP contribution >= 0.6 is 12.2 Å². The fourth-order valence-electron chi connectivity index (χ4n) is 3.48. The Hall–Kier alpha value is -3.63. The molecule has 0 bridgehead atoms. The van der Waals surface area contributed by atoms with Crippen molar-refractivity contribution < 1.29 is 22.7 Å². The number of unbranched alkanes of at least 4 members (excludes halogenated alkanes) is 3. The monoisotopic (exact) mass is 555 g/mol. The zero-order valence-corrected chi connectivity index (χ0v) is 23.2. The van der Waals surface area contributed by atoms with Crippen LogP contribution in [0, 0.1) is 0 Å². The van der Waals surface area contributed by atoms with Crippen LogP contribution in [0.1, 0.15) is 49.9 Å². The van der Waals surface area contributed by atoms with E-state index in [0.717, 1.165) is 12.8 Å². The highest BCUT2D eigenvalue weighted by Gasteiger charge is 2.15. The molecule has 3 aromatic carbocycles. The van der Waals surface area contributed by atoms with Gasteiger partial charge in [0.1, 0.15) is 11.5 Å². The van der Waals surface area contributed by atoms with Crippen molar-refractivity contribution in [2.75, 3.05) is 23.3 Å². The number of hydrogen-bond acceptors (Lipinski definition) is 6. The second-order valence-electron chi connectivity index (χ2n) is 8.43. The molecule has 0 saturated heterocycles. The van der Waals surface area contributed by atoms with Gasteiger partial charge in [-0.25, -0.2) is 8.42 Å². The lowest BCUT2D eigenvalue weighted by Gasteiger charge is -2.12. The Morgan fingerprint density at radius 3 is 2.03 bits per heavy atom. The van der Waals surface area contributed by atoms with E-state index < -0.39 is 10.0 Å². The lowest BCUT2D eigenvalue weighted by atomic mass is 10.2. The summed E-state index contributed by atoms with van der Waals surface area (Å²) in [6, 6.07) is 19.6. The van der Waals surface area contributed by atoms with E-state index in [1.807, 2.05) is 6.92 Å². The SMILES string of the molecule is CCCCCCOc1ccc(C(=O)NC(=S)Nc2ccc(S(=O)(=O)Nc3ccc(OCC)cc3)cc2)cc1. The van der Waals surface area contributed by atoms with Gasteiger partial charge < -0.3 is 14.8 Å². The van der Waals surface area contributed by atoms with Crippen LogP contribution in [0.3, 0.4) is 0 Å². The van der Waals surface area contributed by atoms with Crippen LogP contribution in [0.4, 0.5) is 11.4 Å². The van der Waals surface area contributed by atoms with Crippen molar-refractivity contribution in [2.24, 2.45) is 0 Å². The molecule has 0 fully saturated rings. The van der Waals surface area contributed by atoms with Crippen molar-refractivity contribution in [3.8, 4) is 11.5 Å². The lowest BCUT2D eigenvalue weighted by molar-refractivity contribution is 0.0977. The molecule has 0 radical (unpaired) electrons. The Labute approximate surface area is 229 Å². The molecule has 0 aliphatic heterocycles. The van der Waals surface area contributed by atoms with Crippen LogP contribution in [0.15, 0.2) is 77.7 Å². The van der Waals surface area contributed by atoms with Gasteiger partial charge in [-0.3, -0.25) is 14.8 Å². The van der Waals surface area contributed by atoms with Gasteiger partial charge in [0.15, 0.2) is 5.11 Å². The van der Waals surface area contributed by atoms with Gasteiger partial charge in [-0.05, 0) is 98.4 Å². The van der Waals surface area contributed by atoms with Gasteiger partial charge in [0, 0.05) is 16.9 Å². The number of nitrogens with one attached hydrogen (secondary N) is 3. The van der Waals surface area contributed by atoms with E-state index in [4.69, 9.17) is 21.7 Å². The van der Waals surface area contributed by atoms with Crippen LogP contribution in [0.25, 0.3) is 0 Å². The molecule has 0 atom stereocenters. The minimum Gasteiger partial charge on any atom is -0.494 e. The number of thiocarbonyl (C=S) groups is 1. The first-order valence-corrected chi connectivity index (χ1v) is 14.4. The molecule has 3 rings (SSSR count). The molecule has 0 aromatic heterocycles. The van der Waals surface area contributed by atoms with E-state index in [-0.39, 0.29) is 15.9 Å². The molecule has 3 N–H and O–H groups in total. The van der Waals surface area contributed by atoms with Gasteiger partial charge in [-0.1, -0.05) is 26.2 Å². The standard InChI is InChI=1S/C28H33N3O5S2/c1-3-5-6-7-20-36-25-14-8-21(9-15-25)27(32)30-28(37)29-22-12-18-26(19-13-22)38(33,34)31-23-10-16-24(17-11-23)35-4-2/h8-19,31H,3-7,20H2,1-2H3,(H2,29,30,32,37). The summed E-state index contributed by atoms with van der Waals surface area (Å²) in [5, 5.41) is 5.60. The number of rotatable bonds is 13. The number of hydrogen-bond donors (Lipinski definition) is 3. The van der Waals surface area contributed by atoms with Crippen molar-refractivity contribution >= 4 is 44.6 Å². The normalized spacial score (nSPS) is 10.9. The summed E-state index contributed by atoms with van der Waals surface area (Å²) in [7, 11) is -3.78. The van der Waals surface area contributed by atoms with Gasteiger partial charge in [0.05, 0.1) is 18.1 Å². The molecule has 3 aromatic rings. The number of anilines is 2. The minimum atomic E-state index is -3.78. The molecule has 0 aliphatic carbocycles. The molecule has 38 heavy (non-hydrogen) atoms. The maximum atomic E-state index is 12.7. The minimum absolute atomic E-state index is 0.0829. The molecule has 0 heterocycles. The highest BCUT2D eigenvalue weighted by Crippen LogP contribution is 2.21. The van der Waals surface area contributed by atoms with Gasteiger partial charge in [-0.2, -0.15) is 0 Å². The topological polar surface area (TPSA) is 106 Å². The number of carbonyl (C=O) groups is 1. The zero-order chi connectivity index (χ0) is 27.4. The second kappa shape index (κ2) is 14.3. The molecule has 0 spiro atoms. The van der Waals surface area contributed by atoms with E-state index in [9.17, 15) is 13.2 Å². The van der Waals surface area contributed by atoms with Crippen LogP contribution in [0.2, 0.25) is 0 Å². The molecule has 0 unspecified atom stereocenters. The molecule has 1 amide bonds. The Kier molecular flexibility index (Phi) is 10.9. The zero-order valence-electron chi connectivity index (χ0n) is 21.5. The summed E-state index contributed by atoms with van der Waals surface area (Å²) in [5.74, 6) is 1.01. The van der Waals surface area contributed by atoms with Crippen LogP contribution < -0.4 is 24.8 Å². The summed E-state index contributed by atoms with van der Waals surface area (Å²) in [6.07, 6.45) is 4.51. The van der Waals surface area contributed by atoms with Gasteiger partial charge in [0.25, 0.3) is 15.9 Å². The fraction of sp³-hybridized carbons (Fsp3) is 0.286. The average molecular weight is 556 g/mol. The molecule has 0 saturated carbocycles. The second-order valence-corrected chi connectivity index (χ2v) is 10.5. The third kappa shape index (κ3) is 9.04. The first kappa shape index (κ1) is 28.9. The first-order chi connectivity index (χ1) is 18.3. The Bertz CT molecular complexity index is 1290. The van der Waals surface area contributed by atoms with Crippen molar-refractivity contribution in [3.63, 3.8) is 0 Å². The lowest BCUT2D eigenvalue weighted by Crippen LogP contribution is -2.34. The Balaban J connectivity index is 1.49. The summed E-state index contributed by atoms with van der Waals surface area (Å²) < 4.78 is 39.0. The maximum absolute atomic E-state index is 12.7. The van der Waals surface area contributed by atoms with E-state index in [1.54, 1.807) is 60.7 Å². The third-order valence-corrected chi connectivity index (χ3v) is 7.05. The third-order valence-electron chi connectivity index (χ3n) is 5.45. The van der Waals surface area contributed by atoms with Crippen LogP contribution in [-0.4, -0.2) is 32.7 Å². The van der Waals surface area contributed by atoms with Crippen molar-refractivity contribution in [1.29, 1.82) is 0 Å². The highest BCUT2D eigenvalue weighted by atomic mass is 32.2. The predicted molar refractivity (Wildman–Crippen MR) is 155 cm³/mol. The fourth-order valence-corrected chi connectivity index (χ4v) is 4.75. The summed E-state index contributed by atoms with van der Waals surface area (Å²) in [4.78, 5) is 12.6. The highest BCUT2D eigenvalue weighted by molar-refractivity contribution is 7.92. The average Bonchev–Trinajstić information content (AvgIpc) is 2.90. The number of sulfonamides is 1. The van der Waals surface area contributed by atoms with E-state index in [2.05, 4.69) is 22.3 Å². The van der Waals surface area contributed by atoms with Crippen molar-refractivity contribution in [2.45, 2.75) is 44.4 Å². The molecular weight excluding hydrogens is 522 g/mol. The van der Waals surface area contributed by atoms with Gasteiger partial charge >= 0.3 is 0 Å². The van der Waals surface area contributed by atoms with E-state index in [0.29, 0.717) is 41.7 Å². The van der Waals surface area contributed by atoms with E-state index in [1.165, 1.54) is 25.0 Å². The van der Waals surface area contributed by atoms with Crippen molar-refractivity contribution in [3.05, 3.63) is 78.4 Å².